The van der Waals surface area contributed by atoms with Gasteiger partial charge in [0, 0.05) is 23.7 Å². The molecule has 0 bridgehead atoms. The maximum absolute atomic E-state index is 12.9. The number of hydrogen-bond acceptors (Lipinski definition) is 6. The van der Waals surface area contributed by atoms with Crippen LogP contribution in [-0.4, -0.2) is 40.2 Å². The summed E-state index contributed by atoms with van der Waals surface area (Å²) in [6, 6.07) is 6.27. The molecular formula is C19H22N2O3S2. The molecule has 0 amide bonds. The van der Waals surface area contributed by atoms with Gasteiger partial charge in [-0.2, -0.15) is 0 Å². The lowest BCUT2D eigenvalue weighted by Gasteiger charge is -2.08. The number of hydrogen-bond donors (Lipinski definition) is 1. The Hall–Kier alpha value is -1.67. The zero-order valence-electron chi connectivity index (χ0n) is 15.1. The molecule has 3 rings (SSSR count). The van der Waals surface area contributed by atoms with Crippen LogP contribution in [0.1, 0.15) is 11.1 Å². The summed E-state index contributed by atoms with van der Waals surface area (Å²) in [4.78, 5) is 18.4. The minimum atomic E-state index is -0.0248. The van der Waals surface area contributed by atoms with Crippen molar-refractivity contribution < 1.29 is 9.84 Å². The Kier molecular flexibility index (Phi) is 6.13. The molecule has 0 radical (unpaired) electrons. The normalized spacial score (nSPS) is 11.4. The smallest absolute Gasteiger partial charge is 0.263 e. The van der Waals surface area contributed by atoms with Crippen LogP contribution in [0.3, 0.4) is 0 Å². The van der Waals surface area contributed by atoms with Crippen molar-refractivity contribution in [2.75, 3.05) is 25.6 Å². The van der Waals surface area contributed by atoms with Crippen LogP contribution in [0.25, 0.3) is 21.3 Å². The largest absolute Gasteiger partial charge is 0.394 e. The maximum Gasteiger partial charge on any atom is 0.263 e. The van der Waals surface area contributed by atoms with Crippen molar-refractivity contribution in [3.05, 3.63) is 45.1 Å². The highest BCUT2D eigenvalue weighted by atomic mass is 32.2. The number of ether oxygens (including phenoxy) is 1. The number of thiophene rings is 1. The molecule has 2 aromatic heterocycles. The van der Waals surface area contributed by atoms with Crippen LogP contribution in [0.5, 0.6) is 0 Å². The predicted molar refractivity (Wildman–Crippen MR) is 108 cm³/mol. The third kappa shape index (κ3) is 3.86. The molecule has 0 aliphatic rings. The highest BCUT2D eigenvalue weighted by Gasteiger charge is 2.16. The van der Waals surface area contributed by atoms with E-state index in [1.54, 1.807) is 11.6 Å². The first kappa shape index (κ1) is 19.1. The lowest BCUT2D eigenvalue weighted by atomic mass is 10.0. The van der Waals surface area contributed by atoms with Gasteiger partial charge in [0.1, 0.15) is 4.83 Å². The van der Waals surface area contributed by atoms with E-state index in [1.165, 1.54) is 34.2 Å². The van der Waals surface area contributed by atoms with E-state index in [0.717, 1.165) is 16.0 Å². The van der Waals surface area contributed by atoms with Gasteiger partial charge in [-0.15, -0.1) is 11.3 Å². The summed E-state index contributed by atoms with van der Waals surface area (Å²) in [5.41, 5.74) is 4.42. The molecule has 0 saturated carbocycles. The monoisotopic (exact) mass is 390 g/mol. The number of nitrogens with zero attached hydrogens (tertiary/aromatic N) is 2. The molecule has 2 heterocycles. The van der Waals surface area contributed by atoms with Gasteiger partial charge < -0.3 is 9.84 Å². The summed E-state index contributed by atoms with van der Waals surface area (Å²) in [7, 11) is 1.76. The van der Waals surface area contributed by atoms with Crippen LogP contribution in [-0.2, 0) is 11.8 Å². The molecule has 0 aliphatic heterocycles. The van der Waals surface area contributed by atoms with Gasteiger partial charge in [-0.1, -0.05) is 30.0 Å². The second-order valence-corrected chi connectivity index (χ2v) is 7.99. The van der Waals surface area contributed by atoms with Gasteiger partial charge in [0.2, 0.25) is 0 Å². The summed E-state index contributed by atoms with van der Waals surface area (Å²) in [5.74, 6) is 0.682. The Balaban J connectivity index is 1.94. The molecule has 7 heteroatoms. The van der Waals surface area contributed by atoms with Gasteiger partial charge in [0.15, 0.2) is 5.16 Å². The fraction of sp³-hybridized carbons (Fsp3) is 0.368. The minimum Gasteiger partial charge on any atom is -0.394 e. The second-order valence-electron chi connectivity index (χ2n) is 6.07. The summed E-state index contributed by atoms with van der Waals surface area (Å²) in [5, 5.41) is 12.1. The Morgan fingerprint density at radius 2 is 2.08 bits per heavy atom. The molecule has 26 heavy (non-hydrogen) atoms. The molecule has 0 fully saturated rings. The quantitative estimate of drug-likeness (QED) is 0.381. The molecule has 1 N–H and O–H groups in total. The van der Waals surface area contributed by atoms with Crippen molar-refractivity contribution in [2.24, 2.45) is 7.05 Å². The van der Waals surface area contributed by atoms with Crippen LogP contribution in [0.4, 0.5) is 0 Å². The van der Waals surface area contributed by atoms with Gasteiger partial charge in [0.25, 0.3) is 5.56 Å². The van der Waals surface area contributed by atoms with E-state index < -0.39 is 0 Å². The SMILES string of the molecule is Cc1ccc(-c2csc3nc(SCCOCCO)n(C)c(=O)c23)cc1C. The predicted octanol–water partition coefficient (Wildman–Crippen LogP) is 3.38. The molecule has 0 unspecified atom stereocenters. The van der Waals surface area contributed by atoms with E-state index in [4.69, 9.17) is 9.84 Å². The van der Waals surface area contributed by atoms with Gasteiger partial charge in [-0.05, 0) is 30.5 Å². The van der Waals surface area contributed by atoms with Crippen molar-refractivity contribution in [3.8, 4) is 11.1 Å². The van der Waals surface area contributed by atoms with Crippen LogP contribution in [0, 0.1) is 13.8 Å². The average molecular weight is 391 g/mol. The fourth-order valence-electron chi connectivity index (χ4n) is 2.66. The standard InChI is InChI=1S/C19H22N2O3S2/c1-12-4-5-14(10-13(12)2)15-11-26-17-16(15)18(23)21(3)19(20-17)25-9-8-24-7-6-22/h4-5,10-11,22H,6-9H2,1-3H3. The number of thioether (sulfide) groups is 1. The molecule has 5 nitrogen and oxygen atoms in total. The molecule has 3 aromatic rings. The summed E-state index contributed by atoms with van der Waals surface area (Å²) < 4.78 is 6.87. The van der Waals surface area contributed by atoms with Crippen LogP contribution in [0.15, 0.2) is 33.5 Å². The topological polar surface area (TPSA) is 64.3 Å². The molecule has 138 valence electrons. The summed E-state index contributed by atoms with van der Waals surface area (Å²) in [6.07, 6.45) is 0. The third-order valence-corrected chi connectivity index (χ3v) is 6.15. The highest BCUT2D eigenvalue weighted by Crippen LogP contribution is 2.32. The van der Waals surface area contributed by atoms with E-state index in [2.05, 4.69) is 37.0 Å². The summed E-state index contributed by atoms with van der Waals surface area (Å²) in [6.45, 7) is 5.02. The van der Waals surface area contributed by atoms with Crippen LogP contribution < -0.4 is 5.56 Å². The van der Waals surface area contributed by atoms with E-state index in [1.807, 2.05) is 5.38 Å². The van der Waals surface area contributed by atoms with Crippen LogP contribution >= 0.6 is 23.1 Å². The maximum atomic E-state index is 12.9. The molecule has 0 aliphatic carbocycles. The van der Waals surface area contributed by atoms with Crippen molar-refractivity contribution in [1.82, 2.24) is 9.55 Å². The van der Waals surface area contributed by atoms with Crippen molar-refractivity contribution in [3.63, 3.8) is 0 Å². The Morgan fingerprint density at radius 3 is 2.81 bits per heavy atom. The zero-order chi connectivity index (χ0) is 18.7. The number of benzene rings is 1. The number of fused-ring (bicyclic) bond motifs is 1. The number of aromatic nitrogens is 2. The second kappa shape index (κ2) is 8.35. The number of aliphatic hydroxyl groups excluding tert-OH is 1. The van der Waals surface area contributed by atoms with E-state index in [-0.39, 0.29) is 12.2 Å². The Morgan fingerprint density at radius 1 is 1.27 bits per heavy atom. The van der Waals surface area contributed by atoms with Gasteiger partial charge >= 0.3 is 0 Å². The number of aliphatic hydroxyl groups is 1. The number of rotatable bonds is 7. The first-order valence-corrected chi connectivity index (χ1v) is 10.3. The molecule has 0 saturated heterocycles. The molecule has 1 aromatic carbocycles. The van der Waals surface area contributed by atoms with Crippen molar-refractivity contribution in [2.45, 2.75) is 19.0 Å². The Labute approximate surface area is 160 Å². The van der Waals surface area contributed by atoms with Gasteiger partial charge in [-0.3, -0.25) is 9.36 Å². The lowest BCUT2D eigenvalue weighted by molar-refractivity contribution is 0.103. The van der Waals surface area contributed by atoms with Gasteiger partial charge in [-0.25, -0.2) is 4.98 Å². The molecule has 0 atom stereocenters. The molecular weight excluding hydrogens is 368 g/mol. The van der Waals surface area contributed by atoms with E-state index in [9.17, 15) is 4.79 Å². The minimum absolute atomic E-state index is 0.0177. The first-order chi connectivity index (χ1) is 12.5. The highest BCUT2D eigenvalue weighted by molar-refractivity contribution is 7.99. The summed E-state index contributed by atoms with van der Waals surface area (Å²) >= 11 is 2.99. The Bertz CT molecular complexity index is 979. The van der Waals surface area contributed by atoms with Crippen molar-refractivity contribution >= 4 is 33.3 Å². The third-order valence-electron chi connectivity index (χ3n) is 4.29. The zero-order valence-corrected chi connectivity index (χ0v) is 16.7. The van der Waals surface area contributed by atoms with E-state index in [0.29, 0.717) is 29.5 Å². The lowest BCUT2D eigenvalue weighted by Crippen LogP contribution is -2.20. The van der Waals surface area contributed by atoms with E-state index >= 15 is 0 Å². The average Bonchev–Trinajstić information content (AvgIpc) is 3.05. The number of aryl methyl sites for hydroxylation is 2. The molecule has 0 spiro atoms. The fourth-order valence-corrected chi connectivity index (χ4v) is 4.47. The first-order valence-electron chi connectivity index (χ1n) is 8.40. The van der Waals surface area contributed by atoms with Crippen LogP contribution in [0.2, 0.25) is 0 Å². The van der Waals surface area contributed by atoms with Crippen molar-refractivity contribution in [1.29, 1.82) is 0 Å². The van der Waals surface area contributed by atoms with Gasteiger partial charge in [0.05, 0.1) is 25.2 Å².